The summed E-state index contributed by atoms with van der Waals surface area (Å²) in [5, 5.41) is 1.38. The van der Waals surface area contributed by atoms with Crippen molar-refractivity contribution in [2.75, 3.05) is 25.4 Å². The van der Waals surface area contributed by atoms with Gasteiger partial charge in [0.2, 0.25) is 0 Å². The molecule has 0 atom stereocenters. The van der Waals surface area contributed by atoms with Gasteiger partial charge in [0.15, 0.2) is 16.3 Å². The summed E-state index contributed by atoms with van der Waals surface area (Å²) in [6.45, 7) is 5.54. The van der Waals surface area contributed by atoms with E-state index in [2.05, 4.69) is 14.9 Å². The molecular formula is C17H24ClN5O2S. The van der Waals surface area contributed by atoms with Crippen molar-refractivity contribution in [2.45, 2.75) is 37.9 Å². The lowest BCUT2D eigenvalue weighted by Crippen LogP contribution is -2.31. The SMILES string of the molecule is C/C(Cl)=C\Cn1c(SCCN2CCCCC2)nc2c1c(=O)[nH]c(=O)n2C. The molecule has 0 radical (unpaired) electrons. The summed E-state index contributed by atoms with van der Waals surface area (Å²) in [6, 6.07) is 0. The second kappa shape index (κ2) is 8.45. The van der Waals surface area contributed by atoms with Crippen LogP contribution in [0.25, 0.3) is 11.2 Å². The first-order valence-electron chi connectivity index (χ1n) is 8.84. The number of thioether (sulfide) groups is 1. The van der Waals surface area contributed by atoms with Gasteiger partial charge in [-0.15, -0.1) is 0 Å². The molecule has 2 aromatic heterocycles. The van der Waals surface area contributed by atoms with Crippen molar-refractivity contribution >= 4 is 34.5 Å². The molecule has 0 saturated carbocycles. The Balaban J connectivity index is 1.89. The normalized spacial score (nSPS) is 16.5. The Morgan fingerprint density at radius 1 is 1.31 bits per heavy atom. The monoisotopic (exact) mass is 397 g/mol. The number of hydrogen-bond acceptors (Lipinski definition) is 5. The fourth-order valence-corrected chi connectivity index (χ4v) is 4.23. The zero-order valence-corrected chi connectivity index (χ0v) is 16.7. The van der Waals surface area contributed by atoms with Crippen LogP contribution in [0, 0.1) is 0 Å². The van der Waals surface area contributed by atoms with Gasteiger partial charge in [-0.3, -0.25) is 14.3 Å². The van der Waals surface area contributed by atoms with Crippen molar-refractivity contribution in [3.63, 3.8) is 0 Å². The fraction of sp³-hybridized carbons (Fsp3) is 0.588. The van der Waals surface area contributed by atoms with E-state index in [0.717, 1.165) is 30.5 Å². The van der Waals surface area contributed by atoms with Gasteiger partial charge in [-0.2, -0.15) is 0 Å². The molecule has 0 unspecified atom stereocenters. The van der Waals surface area contributed by atoms with Crippen LogP contribution in [0.1, 0.15) is 26.2 Å². The number of hydrogen-bond donors (Lipinski definition) is 1. The quantitative estimate of drug-likeness (QED) is 0.756. The third-order valence-corrected chi connectivity index (χ3v) is 5.73. The molecule has 0 amide bonds. The second-order valence-corrected chi connectivity index (χ2v) is 8.20. The number of H-pyrrole nitrogens is 1. The largest absolute Gasteiger partial charge is 0.329 e. The van der Waals surface area contributed by atoms with Crippen LogP contribution in [-0.4, -0.2) is 49.4 Å². The van der Waals surface area contributed by atoms with Crippen LogP contribution in [0.3, 0.4) is 0 Å². The van der Waals surface area contributed by atoms with Gasteiger partial charge in [0.1, 0.15) is 0 Å². The van der Waals surface area contributed by atoms with Crippen LogP contribution in [0.15, 0.2) is 25.9 Å². The topological polar surface area (TPSA) is 75.9 Å². The number of likely N-dealkylation sites (tertiary alicyclic amines) is 1. The highest BCUT2D eigenvalue weighted by atomic mass is 35.5. The van der Waals surface area contributed by atoms with Crippen LogP contribution < -0.4 is 11.2 Å². The van der Waals surface area contributed by atoms with Gasteiger partial charge in [0.25, 0.3) is 5.56 Å². The molecule has 1 N–H and O–H groups in total. The molecule has 3 heterocycles. The number of imidazole rings is 1. The molecule has 26 heavy (non-hydrogen) atoms. The average Bonchev–Trinajstić information content (AvgIpc) is 2.98. The fourth-order valence-electron chi connectivity index (χ4n) is 3.16. The number of allylic oxidation sites excluding steroid dienone is 2. The Morgan fingerprint density at radius 2 is 2.04 bits per heavy atom. The maximum absolute atomic E-state index is 12.4. The molecule has 1 saturated heterocycles. The molecule has 142 valence electrons. The lowest BCUT2D eigenvalue weighted by Gasteiger charge is -2.25. The van der Waals surface area contributed by atoms with Crippen LogP contribution in [-0.2, 0) is 13.6 Å². The van der Waals surface area contributed by atoms with E-state index >= 15 is 0 Å². The summed E-state index contributed by atoms with van der Waals surface area (Å²) < 4.78 is 3.21. The third-order valence-electron chi connectivity index (χ3n) is 4.61. The van der Waals surface area contributed by atoms with E-state index in [0.29, 0.717) is 22.7 Å². The number of nitrogens with zero attached hydrogens (tertiary/aromatic N) is 4. The number of nitrogens with one attached hydrogen (secondary N) is 1. The number of rotatable bonds is 6. The number of aromatic amines is 1. The zero-order valence-electron chi connectivity index (χ0n) is 15.1. The molecule has 0 aromatic carbocycles. The Kier molecular flexibility index (Phi) is 6.26. The zero-order chi connectivity index (χ0) is 18.7. The third kappa shape index (κ3) is 4.24. The average molecular weight is 398 g/mol. The maximum atomic E-state index is 12.4. The molecule has 1 aliphatic rings. The summed E-state index contributed by atoms with van der Waals surface area (Å²) in [6.07, 6.45) is 5.68. The Morgan fingerprint density at radius 3 is 2.73 bits per heavy atom. The van der Waals surface area contributed by atoms with E-state index in [1.807, 2.05) is 10.6 Å². The van der Waals surface area contributed by atoms with Crippen molar-refractivity contribution in [1.29, 1.82) is 0 Å². The number of halogens is 1. The lowest BCUT2D eigenvalue weighted by molar-refractivity contribution is 0.242. The number of aromatic nitrogens is 4. The molecular weight excluding hydrogens is 374 g/mol. The highest BCUT2D eigenvalue weighted by Crippen LogP contribution is 2.22. The van der Waals surface area contributed by atoms with Gasteiger partial charge in [0, 0.05) is 30.9 Å². The highest BCUT2D eigenvalue weighted by Gasteiger charge is 2.17. The van der Waals surface area contributed by atoms with Gasteiger partial charge in [-0.1, -0.05) is 35.9 Å². The second-order valence-electron chi connectivity index (χ2n) is 6.54. The molecule has 1 aliphatic heterocycles. The predicted octanol–water partition coefficient (Wildman–Crippen LogP) is 2.14. The van der Waals surface area contributed by atoms with Crippen LogP contribution >= 0.6 is 23.4 Å². The van der Waals surface area contributed by atoms with Crippen molar-refractivity contribution in [3.05, 3.63) is 31.9 Å². The smallest absolute Gasteiger partial charge is 0.309 e. The van der Waals surface area contributed by atoms with Crippen molar-refractivity contribution in [1.82, 2.24) is 24.0 Å². The van der Waals surface area contributed by atoms with E-state index < -0.39 is 11.2 Å². The van der Waals surface area contributed by atoms with Gasteiger partial charge in [-0.05, 0) is 32.9 Å². The van der Waals surface area contributed by atoms with Crippen molar-refractivity contribution in [2.24, 2.45) is 7.05 Å². The molecule has 1 fully saturated rings. The van der Waals surface area contributed by atoms with Gasteiger partial charge < -0.3 is 9.47 Å². The van der Waals surface area contributed by atoms with E-state index in [-0.39, 0.29) is 0 Å². The minimum Gasteiger partial charge on any atom is -0.309 e. The minimum absolute atomic E-state index is 0.403. The number of piperidine rings is 1. The van der Waals surface area contributed by atoms with Crippen LogP contribution in [0.2, 0.25) is 0 Å². The van der Waals surface area contributed by atoms with Gasteiger partial charge in [0.05, 0.1) is 0 Å². The molecule has 3 rings (SSSR count). The number of aryl methyl sites for hydroxylation is 1. The first kappa shape index (κ1) is 19.3. The molecule has 2 aromatic rings. The summed E-state index contributed by atoms with van der Waals surface area (Å²) in [5.41, 5.74) is -0.0678. The molecule has 0 spiro atoms. The highest BCUT2D eigenvalue weighted by molar-refractivity contribution is 7.99. The van der Waals surface area contributed by atoms with Gasteiger partial charge in [-0.25, -0.2) is 9.78 Å². The molecule has 9 heteroatoms. The van der Waals surface area contributed by atoms with E-state index in [1.165, 1.54) is 23.8 Å². The maximum Gasteiger partial charge on any atom is 0.329 e. The van der Waals surface area contributed by atoms with Crippen LogP contribution in [0.4, 0.5) is 0 Å². The van der Waals surface area contributed by atoms with Crippen molar-refractivity contribution in [3.8, 4) is 0 Å². The first-order chi connectivity index (χ1) is 12.5. The van der Waals surface area contributed by atoms with E-state index in [4.69, 9.17) is 11.6 Å². The van der Waals surface area contributed by atoms with Crippen molar-refractivity contribution < 1.29 is 0 Å². The minimum atomic E-state index is -0.457. The summed E-state index contributed by atoms with van der Waals surface area (Å²) in [7, 11) is 1.61. The Labute approximate surface area is 161 Å². The standard InChI is InChI=1S/C17H24ClN5O2S/c1-12(18)6-9-23-13-14(21(2)16(25)20-15(13)24)19-17(23)26-11-10-22-7-4-3-5-8-22/h6H,3-5,7-11H2,1-2H3,(H,20,24,25)/b12-6+. The summed E-state index contributed by atoms with van der Waals surface area (Å²) in [5.74, 6) is 0.888. The summed E-state index contributed by atoms with van der Waals surface area (Å²) in [4.78, 5) is 33.6. The van der Waals surface area contributed by atoms with Gasteiger partial charge >= 0.3 is 5.69 Å². The van der Waals surface area contributed by atoms with E-state index in [1.54, 1.807) is 25.7 Å². The lowest BCUT2D eigenvalue weighted by atomic mass is 10.1. The Bertz CT molecular complexity index is 920. The molecule has 0 aliphatic carbocycles. The number of fused-ring (bicyclic) bond motifs is 1. The van der Waals surface area contributed by atoms with E-state index in [9.17, 15) is 9.59 Å². The molecule has 7 nitrogen and oxygen atoms in total. The molecule has 0 bridgehead atoms. The van der Waals surface area contributed by atoms with Crippen LogP contribution in [0.5, 0.6) is 0 Å². The Hall–Kier alpha value is -1.51. The predicted molar refractivity (Wildman–Crippen MR) is 106 cm³/mol. The summed E-state index contributed by atoms with van der Waals surface area (Å²) >= 11 is 7.58. The first-order valence-corrected chi connectivity index (χ1v) is 10.2.